The van der Waals surface area contributed by atoms with Gasteiger partial charge in [-0.1, -0.05) is 5.16 Å². The highest BCUT2D eigenvalue weighted by molar-refractivity contribution is 14.1. The second-order valence-electron chi connectivity index (χ2n) is 3.50. The van der Waals surface area contributed by atoms with Gasteiger partial charge in [0.15, 0.2) is 5.82 Å². The summed E-state index contributed by atoms with van der Waals surface area (Å²) in [5.41, 5.74) is 0.690. The van der Waals surface area contributed by atoms with Crippen LogP contribution >= 0.6 is 22.6 Å². The van der Waals surface area contributed by atoms with E-state index < -0.39 is 0 Å². The van der Waals surface area contributed by atoms with Crippen LogP contribution in [0.15, 0.2) is 21.6 Å². The van der Waals surface area contributed by atoms with Crippen LogP contribution in [0.1, 0.15) is 17.3 Å². The lowest BCUT2D eigenvalue weighted by molar-refractivity contribution is 0.386. The molecule has 0 fully saturated rings. The number of nitrogens with zero attached hydrogens (tertiary/aromatic N) is 3. The molecule has 84 valence electrons. The van der Waals surface area contributed by atoms with E-state index in [1.54, 1.807) is 24.6 Å². The molecular weight excluding hydrogens is 321 g/mol. The Labute approximate surface area is 106 Å². The van der Waals surface area contributed by atoms with Gasteiger partial charge in [-0.25, -0.2) is 0 Å². The van der Waals surface area contributed by atoms with Gasteiger partial charge in [0.05, 0.1) is 6.54 Å². The molecule has 0 saturated carbocycles. The van der Waals surface area contributed by atoms with E-state index in [1.165, 1.54) is 0 Å². The van der Waals surface area contributed by atoms with Crippen molar-refractivity contribution in [1.82, 2.24) is 14.7 Å². The Hall–Kier alpha value is -1.18. The van der Waals surface area contributed by atoms with Gasteiger partial charge in [-0.2, -0.15) is 4.98 Å². The van der Waals surface area contributed by atoms with Crippen LogP contribution in [0.4, 0.5) is 0 Å². The fraction of sp³-hybridized carbons (Fsp3) is 0.300. The number of hydrogen-bond donors (Lipinski definition) is 0. The van der Waals surface area contributed by atoms with Gasteiger partial charge in [0.2, 0.25) is 5.89 Å². The van der Waals surface area contributed by atoms with Gasteiger partial charge in [-0.05, 0) is 35.6 Å². The van der Waals surface area contributed by atoms with Gasteiger partial charge in [-0.3, -0.25) is 4.79 Å². The lowest BCUT2D eigenvalue weighted by Crippen LogP contribution is -2.23. The van der Waals surface area contributed by atoms with Crippen molar-refractivity contribution in [3.05, 3.63) is 43.5 Å². The molecule has 0 aliphatic heterocycles. The first kappa shape index (κ1) is 11.3. The van der Waals surface area contributed by atoms with Gasteiger partial charge in [0.1, 0.15) is 0 Å². The summed E-state index contributed by atoms with van der Waals surface area (Å²) in [7, 11) is 0. The second-order valence-corrected chi connectivity index (χ2v) is 4.75. The maximum Gasteiger partial charge on any atom is 0.253 e. The quantitative estimate of drug-likeness (QED) is 0.783. The number of pyridine rings is 1. The Morgan fingerprint density at radius 2 is 2.25 bits per heavy atom. The Balaban J connectivity index is 2.38. The van der Waals surface area contributed by atoms with Crippen molar-refractivity contribution in [3.8, 4) is 0 Å². The normalized spacial score (nSPS) is 10.7. The highest BCUT2D eigenvalue weighted by Crippen LogP contribution is 2.05. The third kappa shape index (κ3) is 2.31. The molecule has 0 saturated heterocycles. The van der Waals surface area contributed by atoms with E-state index in [0.29, 0.717) is 23.8 Å². The summed E-state index contributed by atoms with van der Waals surface area (Å²) in [5, 5.41) is 3.76. The van der Waals surface area contributed by atoms with E-state index in [1.807, 2.05) is 6.07 Å². The van der Waals surface area contributed by atoms with Gasteiger partial charge >= 0.3 is 0 Å². The van der Waals surface area contributed by atoms with Crippen molar-refractivity contribution in [3.63, 3.8) is 0 Å². The first-order valence-corrected chi connectivity index (χ1v) is 5.80. The Morgan fingerprint density at radius 3 is 2.88 bits per heavy atom. The van der Waals surface area contributed by atoms with Crippen LogP contribution in [0.3, 0.4) is 0 Å². The largest absolute Gasteiger partial charge is 0.340 e. The molecule has 2 rings (SSSR count). The Morgan fingerprint density at radius 1 is 1.50 bits per heavy atom. The maximum absolute atomic E-state index is 11.8. The van der Waals surface area contributed by atoms with E-state index in [9.17, 15) is 4.79 Å². The van der Waals surface area contributed by atoms with Crippen LogP contribution in [0.5, 0.6) is 0 Å². The fourth-order valence-corrected chi connectivity index (χ4v) is 2.22. The van der Waals surface area contributed by atoms with Gasteiger partial charge in [-0.15, -0.1) is 0 Å². The van der Waals surface area contributed by atoms with Crippen LogP contribution in [0.25, 0.3) is 0 Å². The zero-order valence-electron chi connectivity index (χ0n) is 8.90. The topological polar surface area (TPSA) is 60.9 Å². The molecule has 0 bridgehead atoms. The predicted molar refractivity (Wildman–Crippen MR) is 66.3 cm³/mol. The SMILES string of the molecule is Cc1nc(Cn2cc(I)cc(C)c2=O)no1. The molecule has 0 N–H and O–H groups in total. The van der Waals surface area contributed by atoms with E-state index in [0.717, 1.165) is 3.57 Å². The summed E-state index contributed by atoms with van der Waals surface area (Å²) in [6.07, 6.45) is 1.78. The molecule has 2 heterocycles. The Bertz CT molecular complexity index is 574. The molecule has 16 heavy (non-hydrogen) atoms. The molecule has 5 nitrogen and oxygen atoms in total. The first-order valence-electron chi connectivity index (χ1n) is 4.72. The molecule has 0 aliphatic carbocycles. The summed E-state index contributed by atoms with van der Waals surface area (Å²) in [6.45, 7) is 3.86. The fourth-order valence-electron chi connectivity index (χ4n) is 1.42. The van der Waals surface area contributed by atoms with Crippen LogP contribution in [-0.4, -0.2) is 14.7 Å². The minimum absolute atomic E-state index is 0.0251. The highest BCUT2D eigenvalue weighted by Gasteiger charge is 2.06. The predicted octanol–water partition coefficient (Wildman–Crippen LogP) is 1.50. The summed E-state index contributed by atoms with van der Waals surface area (Å²) in [4.78, 5) is 15.9. The van der Waals surface area contributed by atoms with E-state index in [2.05, 4.69) is 32.7 Å². The minimum Gasteiger partial charge on any atom is -0.340 e. The van der Waals surface area contributed by atoms with E-state index >= 15 is 0 Å². The molecule has 0 aromatic carbocycles. The van der Waals surface area contributed by atoms with Crippen molar-refractivity contribution in [2.24, 2.45) is 0 Å². The molecule has 0 unspecified atom stereocenters. The van der Waals surface area contributed by atoms with Crippen molar-refractivity contribution in [2.75, 3.05) is 0 Å². The first-order chi connectivity index (χ1) is 7.56. The molecule has 0 aliphatic rings. The zero-order valence-corrected chi connectivity index (χ0v) is 11.1. The number of rotatable bonds is 2. The molecule has 0 amide bonds. The summed E-state index contributed by atoms with van der Waals surface area (Å²) < 4.78 is 7.45. The number of aryl methyl sites for hydroxylation is 2. The van der Waals surface area contributed by atoms with Gasteiger partial charge in [0.25, 0.3) is 5.56 Å². The van der Waals surface area contributed by atoms with Gasteiger partial charge in [0, 0.05) is 22.3 Å². The molecule has 2 aromatic heterocycles. The van der Waals surface area contributed by atoms with Gasteiger partial charge < -0.3 is 9.09 Å². The molecule has 2 aromatic rings. The van der Waals surface area contributed by atoms with Crippen LogP contribution < -0.4 is 5.56 Å². The average Bonchev–Trinajstić information content (AvgIpc) is 2.60. The standard InChI is InChI=1S/C10H10IN3O2/c1-6-3-8(11)4-14(10(6)15)5-9-12-7(2)16-13-9/h3-4H,5H2,1-2H3. The lowest BCUT2D eigenvalue weighted by atomic mass is 10.3. The average molecular weight is 331 g/mol. The summed E-state index contributed by atoms with van der Waals surface area (Å²) in [6, 6.07) is 1.85. The molecule has 0 spiro atoms. The molecule has 0 atom stereocenters. The van der Waals surface area contributed by atoms with Crippen molar-refractivity contribution in [2.45, 2.75) is 20.4 Å². The third-order valence-electron chi connectivity index (χ3n) is 2.11. The Kier molecular flexibility index (Phi) is 3.08. The van der Waals surface area contributed by atoms with Crippen molar-refractivity contribution >= 4 is 22.6 Å². The monoisotopic (exact) mass is 331 g/mol. The smallest absolute Gasteiger partial charge is 0.253 e. The molecule has 0 radical (unpaired) electrons. The van der Waals surface area contributed by atoms with Crippen LogP contribution in [-0.2, 0) is 6.54 Å². The summed E-state index contributed by atoms with van der Waals surface area (Å²) in [5.74, 6) is 1.02. The summed E-state index contributed by atoms with van der Waals surface area (Å²) >= 11 is 2.17. The maximum atomic E-state index is 11.8. The second kappa shape index (κ2) is 4.36. The van der Waals surface area contributed by atoms with Crippen LogP contribution in [0, 0.1) is 17.4 Å². The van der Waals surface area contributed by atoms with E-state index in [-0.39, 0.29) is 5.56 Å². The number of hydrogen-bond acceptors (Lipinski definition) is 4. The molecular formula is C10H10IN3O2. The van der Waals surface area contributed by atoms with E-state index in [4.69, 9.17) is 4.52 Å². The third-order valence-corrected chi connectivity index (χ3v) is 2.70. The van der Waals surface area contributed by atoms with Crippen molar-refractivity contribution in [1.29, 1.82) is 0 Å². The highest BCUT2D eigenvalue weighted by atomic mass is 127. The molecule has 6 heteroatoms. The number of aromatic nitrogens is 3. The van der Waals surface area contributed by atoms with Crippen LogP contribution in [0.2, 0.25) is 0 Å². The zero-order chi connectivity index (χ0) is 11.7. The lowest BCUT2D eigenvalue weighted by Gasteiger charge is -2.04. The minimum atomic E-state index is -0.0251. The van der Waals surface area contributed by atoms with Crippen molar-refractivity contribution < 1.29 is 4.52 Å². The number of halogens is 1.